The van der Waals surface area contributed by atoms with Gasteiger partial charge in [-0.1, -0.05) is 18.2 Å². The second-order valence-electron chi connectivity index (χ2n) is 8.86. The third kappa shape index (κ3) is 4.22. The highest BCUT2D eigenvalue weighted by Gasteiger charge is 2.26. The van der Waals surface area contributed by atoms with E-state index < -0.39 is 6.04 Å². The third-order valence-electron chi connectivity index (χ3n) is 5.31. The number of urea groups is 1. The van der Waals surface area contributed by atoms with E-state index in [1.165, 1.54) is 0 Å². The van der Waals surface area contributed by atoms with E-state index in [0.29, 0.717) is 16.7 Å². The predicted octanol–water partition coefficient (Wildman–Crippen LogP) is 4.50. The second kappa shape index (κ2) is 7.94. The molecule has 30 heavy (non-hydrogen) atoms. The molecule has 1 N–H and O–H groups in total. The number of carbonyl (C=O) groups is 1. The molecule has 158 valence electrons. The van der Waals surface area contributed by atoms with Gasteiger partial charge >= 0.3 is 6.03 Å². The number of nitrogens with one attached hydrogen (secondary N) is 1. The summed E-state index contributed by atoms with van der Waals surface area (Å²) in [4.78, 5) is 32.6. The average molecular weight is 407 g/mol. The summed E-state index contributed by atoms with van der Waals surface area (Å²) < 4.78 is 1.63. The number of hydrogen-bond donors (Lipinski definition) is 1. The maximum atomic E-state index is 13.5. The Balaban J connectivity index is 2.21. The molecule has 6 nitrogen and oxygen atoms in total. The zero-order valence-corrected chi connectivity index (χ0v) is 18.8. The number of carbonyl (C=O) groups excluding carboxylic acids is 1. The Labute approximate surface area is 177 Å². The third-order valence-corrected chi connectivity index (χ3v) is 5.31. The Morgan fingerprint density at radius 1 is 1.10 bits per heavy atom. The summed E-state index contributed by atoms with van der Waals surface area (Å²) in [6, 6.07) is 12.6. The van der Waals surface area contributed by atoms with Gasteiger partial charge in [-0.2, -0.15) is 0 Å². The van der Waals surface area contributed by atoms with Crippen LogP contribution in [0.15, 0.2) is 47.3 Å². The Kier molecular flexibility index (Phi) is 5.70. The number of hydrogen-bond acceptors (Lipinski definition) is 3. The maximum absolute atomic E-state index is 13.5. The van der Waals surface area contributed by atoms with Crippen molar-refractivity contribution in [2.75, 3.05) is 7.05 Å². The standard InChI is InChI=1S/C24H30N4O2/c1-15-12-13-18(14-16(15)2)28-21(17(3)27(7)23(30)26-24(4,5)6)25-20-11-9-8-10-19(20)22(28)29/h8-14,17H,1-7H3,(H,26,30)/t17-/m1/s1. The van der Waals surface area contributed by atoms with E-state index in [2.05, 4.69) is 5.32 Å². The van der Waals surface area contributed by atoms with Crippen molar-refractivity contribution in [3.63, 3.8) is 0 Å². The highest BCUT2D eigenvalue weighted by Crippen LogP contribution is 2.23. The Hall–Kier alpha value is -3.15. The van der Waals surface area contributed by atoms with Crippen molar-refractivity contribution in [1.29, 1.82) is 0 Å². The molecule has 0 saturated carbocycles. The van der Waals surface area contributed by atoms with Crippen LogP contribution in [0.1, 0.15) is 50.7 Å². The zero-order chi connectivity index (χ0) is 22.2. The molecule has 0 fully saturated rings. The van der Waals surface area contributed by atoms with Crippen LogP contribution in [0.5, 0.6) is 0 Å². The lowest BCUT2D eigenvalue weighted by Gasteiger charge is -2.30. The molecule has 0 saturated heterocycles. The molecule has 3 aromatic rings. The molecular formula is C24H30N4O2. The van der Waals surface area contributed by atoms with Crippen LogP contribution >= 0.6 is 0 Å². The lowest BCUT2D eigenvalue weighted by molar-refractivity contribution is 0.182. The van der Waals surface area contributed by atoms with Crippen molar-refractivity contribution in [3.8, 4) is 5.69 Å². The van der Waals surface area contributed by atoms with Crippen molar-refractivity contribution in [2.24, 2.45) is 0 Å². The molecule has 0 aliphatic carbocycles. The molecule has 0 aliphatic rings. The van der Waals surface area contributed by atoms with Crippen LogP contribution in [0.3, 0.4) is 0 Å². The molecule has 0 aliphatic heterocycles. The largest absolute Gasteiger partial charge is 0.333 e. The van der Waals surface area contributed by atoms with Gasteiger partial charge in [-0.25, -0.2) is 9.78 Å². The molecule has 1 atom stereocenters. The molecule has 0 unspecified atom stereocenters. The number of nitrogens with zero attached hydrogens (tertiary/aromatic N) is 3. The van der Waals surface area contributed by atoms with E-state index >= 15 is 0 Å². The molecule has 2 aromatic carbocycles. The van der Waals surface area contributed by atoms with Crippen LogP contribution in [0.4, 0.5) is 4.79 Å². The summed E-state index contributed by atoms with van der Waals surface area (Å²) in [6.45, 7) is 11.7. The normalized spacial score (nSPS) is 12.6. The molecule has 0 spiro atoms. The molecule has 1 heterocycles. The SMILES string of the molecule is Cc1ccc(-n2c([C@@H](C)N(C)C(=O)NC(C)(C)C)nc3ccccc3c2=O)cc1C. The van der Waals surface area contributed by atoms with Gasteiger partial charge in [0.05, 0.1) is 22.6 Å². The monoisotopic (exact) mass is 406 g/mol. The van der Waals surface area contributed by atoms with Gasteiger partial charge in [-0.15, -0.1) is 0 Å². The lowest BCUT2D eigenvalue weighted by atomic mass is 10.1. The first-order valence-electron chi connectivity index (χ1n) is 10.1. The Morgan fingerprint density at radius 3 is 2.40 bits per heavy atom. The Morgan fingerprint density at radius 2 is 1.77 bits per heavy atom. The maximum Gasteiger partial charge on any atom is 0.318 e. The van der Waals surface area contributed by atoms with E-state index in [9.17, 15) is 9.59 Å². The number of aryl methyl sites for hydroxylation is 2. The van der Waals surface area contributed by atoms with Gasteiger partial charge in [0, 0.05) is 12.6 Å². The van der Waals surface area contributed by atoms with Crippen LogP contribution in [-0.4, -0.2) is 33.1 Å². The molecule has 2 amide bonds. The number of benzene rings is 2. The number of rotatable bonds is 3. The van der Waals surface area contributed by atoms with Gasteiger partial charge in [0.1, 0.15) is 5.82 Å². The van der Waals surface area contributed by atoms with Crippen LogP contribution in [0.25, 0.3) is 16.6 Å². The van der Waals surface area contributed by atoms with Gasteiger partial charge < -0.3 is 10.2 Å². The topological polar surface area (TPSA) is 67.2 Å². The van der Waals surface area contributed by atoms with Crippen molar-refractivity contribution in [3.05, 3.63) is 69.8 Å². The van der Waals surface area contributed by atoms with E-state index in [0.717, 1.165) is 16.8 Å². The summed E-state index contributed by atoms with van der Waals surface area (Å²) in [5, 5.41) is 3.52. The summed E-state index contributed by atoms with van der Waals surface area (Å²) in [6.07, 6.45) is 0. The van der Waals surface area contributed by atoms with Crippen molar-refractivity contribution >= 4 is 16.9 Å². The zero-order valence-electron chi connectivity index (χ0n) is 18.8. The molecule has 0 radical (unpaired) electrons. The van der Waals surface area contributed by atoms with Gasteiger partial charge in [0.2, 0.25) is 0 Å². The van der Waals surface area contributed by atoms with Gasteiger partial charge in [0.15, 0.2) is 0 Å². The van der Waals surface area contributed by atoms with Gasteiger partial charge in [-0.05, 0) is 76.9 Å². The highest BCUT2D eigenvalue weighted by molar-refractivity contribution is 5.78. The van der Waals surface area contributed by atoms with Crippen molar-refractivity contribution < 1.29 is 4.79 Å². The minimum atomic E-state index is -0.425. The number of amides is 2. The molecule has 6 heteroatoms. The summed E-state index contributed by atoms with van der Waals surface area (Å²) >= 11 is 0. The van der Waals surface area contributed by atoms with Crippen LogP contribution in [0, 0.1) is 13.8 Å². The first kappa shape index (κ1) is 21.6. The molecular weight excluding hydrogens is 376 g/mol. The quantitative estimate of drug-likeness (QED) is 0.696. The van der Waals surface area contributed by atoms with Crippen molar-refractivity contribution in [1.82, 2.24) is 19.8 Å². The molecule has 0 bridgehead atoms. The fourth-order valence-corrected chi connectivity index (χ4v) is 3.30. The fourth-order valence-electron chi connectivity index (χ4n) is 3.30. The van der Waals surface area contributed by atoms with E-state index in [1.807, 2.05) is 77.9 Å². The van der Waals surface area contributed by atoms with E-state index in [4.69, 9.17) is 4.98 Å². The van der Waals surface area contributed by atoms with E-state index in [-0.39, 0.29) is 17.1 Å². The molecule has 3 rings (SSSR count). The van der Waals surface area contributed by atoms with Gasteiger partial charge in [0.25, 0.3) is 5.56 Å². The minimum absolute atomic E-state index is 0.143. The first-order chi connectivity index (χ1) is 14.0. The summed E-state index contributed by atoms with van der Waals surface area (Å²) in [7, 11) is 1.72. The van der Waals surface area contributed by atoms with Gasteiger partial charge in [-0.3, -0.25) is 9.36 Å². The lowest BCUT2D eigenvalue weighted by Crippen LogP contribution is -2.48. The van der Waals surface area contributed by atoms with Crippen LogP contribution in [-0.2, 0) is 0 Å². The van der Waals surface area contributed by atoms with Crippen LogP contribution < -0.4 is 10.9 Å². The first-order valence-corrected chi connectivity index (χ1v) is 10.1. The predicted molar refractivity (Wildman–Crippen MR) is 121 cm³/mol. The minimum Gasteiger partial charge on any atom is -0.333 e. The Bertz CT molecular complexity index is 1160. The highest BCUT2D eigenvalue weighted by atomic mass is 16.2. The summed E-state index contributed by atoms with van der Waals surface area (Å²) in [5.74, 6) is 0.522. The number of para-hydroxylation sites is 1. The van der Waals surface area contributed by atoms with E-state index in [1.54, 1.807) is 22.6 Å². The van der Waals surface area contributed by atoms with Crippen molar-refractivity contribution in [2.45, 2.75) is 53.1 Å². The fraction of sp³-hybridized carbons (Fsp3) is 0.375. The summed E-state index contributed by atoms with van der Waals surface area (Å²) in [5.41, 5.74) is 3.09. The average Bonchev–Trinajstić information content (AvgIpc) is 2.67. The number of fused-ring (bicyclic) bond motifs is 1. The smallest absolute Gasteiger partial charge is 0.318 e. The number of aromatic nitrogens is 2. The second-order valence-corrected chi connectivity index (χ2v) is 8.86. The van der Waals surface area contributed by atoms with Crippen LogP contribution in [0.2, 0.25) is 0 Å². The molecule has 1 aromatic heterocycles.